The van der Waals surface area contributed by atoms with Gasteiger partial charge in [0.25, 0.3) is 0 Å². The average molecular weight is 334 g/mol. The predicted molar refractivity (Wildman–Crippen MR) is 91.4 cm³/mol. The van der Waals surface area contributed by atoms with Crippen LogP contribution >= 0.6 is 0 Å². The SMILES string of the molecule is O=C(CC1CC2CCC(C1)N2)NCCCCOc1ccc(F)cc1. The van der Waals surface area contributed by atoms with E-state index in [4.69, 9.17) is 4.74 Å². The zero-order valence-corrected chi connectivity index (χ0v) is 14.1. The second kappa shape index (κ2) is 8.47. The molecule has 2 fully saturated rings. The number of ether oxygens (including phenoxy) is 1. The number of amides is 1. The zero-order chi connectivity index (χ0) is 16.8. The molecule has 1 aromatic carbocycles. The van der Waals surface area contributed by atoms with Gasteiger partial charge in [0.15, 0.2) is 0 Å². The van der Waals surface area contributed by atoms with Crippen LogP contribution in [0, 0.1) is 11.7 Å². The van der Waals surface area contributed by atoms with Crippen molar-refractivity contribution in [1.82, 2.24) is 10.6 Å². The van der Waals surface area contributed by atoms with Crippen molar-refractivity contribution in [3.8, 4) is 5.75 Å². The Hall–Kier alpha value is -1.62. The molecule has 2 heterocycles. The maximum atomic E-state index is 12.8. The van der Waals surface area contributed by atoms with Crippen LogP contribution in [0.3, 0.4) is 0 Å². The van der Waals surface area contributed by atoms with Gasteiger partial charge in [0.05, 0.1) is 6.61 Å². The van der Waals surface area contributed by atoms with Crippen molar-refractivity contribution in [2.45, 2.75) is 57.0 Å². The second-order valence-corrected chi connectivity index (χ2v) is 7.04. The molecule has 0 aromatic heterocycles. The molecular weight excluding hydrogens is 307 g/mol. The van der Waals surface area contributed by atoms with Crippen LogP contribution in [-0.4, -0.2) is 31.1 Å². The maximum absolute atomic E-state index is 12.8. The topological polar surface area (TPSA) is 50.4 Å². The monoisotopic (exact) mass is 334 g/mol. The van der Waals surface area contributed by atoms with Gasteiger partial charge in [-0.15, -0.1) is 0 Å². The Morgan fingerprint density at radius 2 is 1.88 bits per heavy atom. The third kappa shape index (κ3) is 5.20. The number of benzene rings is 1. The summed E-state index contributed by atoms with van der Waals surface area (Å²) in [7, 11) is 0. The molecule has 0 spiro atoms. The summed E-state index contributed by atoms with van der Waals surface area (Å²) in [6, 6.07) is 7.33. The Kier molecular flexibility index (Phi) is 6.07. The fourth-order valence-electron chi connectivity index (χ4n) is 3.85. The molecule has 0 saturated carbocycles. The fourth-order valence-corrected chi connectivity index (χ4v) is 3.85. The lowest BCUT2D eigenvalue weighted by molar-refractivity contribution is -0.122. The Morgan fingerprint density at radius 1 is 1.17 bits per heavy atom. The summed E-state index contributed by atoms with van der Waals surface area (Å²) in [5.41, 5.74) is 0. The number of nitrogens with one attached hydrogen (secondary N) is 2. The van der Waals surface area contributed by atoms with Crippen LogP contribution in [-0.2, 0) is 4.79 Å². The van der Waals surface area contributed by atoms with Crippen LogP contribution in [0.25, 0.3) is 0 Å². The number of rotatable bonds is 8. The Balaban J connectivity index is 1.23. The highest BCUT2D eigenvalue weighted by atomic mass is 19.1. The summed E-state index contributed by atoms with van der Waals surface area (Å²) in [5.74, 6) is 1.15. The van der Waals surface area contributed by atoms with Crippen molar-refractivity contribution in [2.24, 2.45) is 5.92 Å². The smallest absolute Gasteiger partial charge is 0.220 e. The molecule has 5 heteroatoms. The van der Waals surface area contributed by atoms with E-state index in [0.29, 0.717) is 43.3 Å². The van der Waals surface area contributed by atoms with E-state index in [1.807, 2.05) is 0 Å². The van der Waals surface area contributed by atoms with Gasteiger partial charge in [-0.25, -0.2) is 4.39 Å². The van der Waals surface area contributed by atoms with E-state index in [2.05, 4.69) is 10.6 Å². The van der Waals surface area contributed by atoms with E-state index < -0.39 is 0 Å². The summed E-state index contributed by atoms with van der Waals surface area (Å²) in [4.78, 5) is 12.0. The van der Waals surface area contributed by atoms with E-state index in [-0.39, 0.29) is 11.7 Å². The van der Waals surface area contributed by atoms with Crippen molar-refractivity contribution in [1.29, 1.82) is 0 Å². The molecule has 1 amide bonds. The highest BCUT2D eigenvalue weighted by Crippen LogP contribution is 2.32. The molecule has 2 aliphatic heterocycles. The van der Waals surface area contributed by atoms with E-state index in [0.717, 1.165) is 25.7 Å². The summed E-state index contributed by atoms with van der Waals surface area (Å²) >= 11 is 0. The van der Waals surface area contributed by atoms with Crippen molar-refractivity contribution < 1.29 is 13.9 Å². The van der Waals surface area contributed by atoms with Crippen molar-refractivity contribution in [3.63, 3.8) is 0 Å². The minimum absolute atomic E-state index is 0.181. The normalized spacial score (nSPS) is 25.5. The van der Waals surface area contributed by atoms with Gasteiger partial charge in [-0.3, -0.25) is 4.79 Å². The van der Waals surface area contributed by atoms with Gasteiger partial charge >= 0.3 is 0 Å². The first-order valence-corrected chi connectivity index (χ1v) is 9.10. The van der Waals surface area contributed by atoms with Crippen molar-refractivity contribution in [3.05, 3.63) is 30.1 Å². The molecule has 2 bridgehead atoms. The summed E-state index contributed by atoms with van der Waals surface area (Å²) in [6.45, 7) is 1.28. The molecule has 4 nitrogen and oxygen atoms in total. The number of hydrogen-bond acceptors (Lipinski definition) is 3. The molecule has 2 atom stereocenters. The van der Waals surface area contributed by atoms with Gasteiger partial charge in [0.2, 0.25) is 5.91 Å². The molecule has 2 saturated heterocycles. The van der Waals surface area contributed by atoms with Crippen LogP contribution in [0.4, 0.5) is 4.39 Å². The lowest BCUT2D eigenvalue weighted by Crippen LogP contribution is -2.39. The molecule has 132 valence electrons. The second-order valence-electron chi connectivity index (χ2n) is 7.04. The zero-order valence-electron chi connectivity index (χ0n) is 14.1. The van der Waals surface area contributed by atoms with E-state index in [1.165, 1.54) is 25.0 Å². The third-order valence-electron chi connectivity index (χ3n) is 5.02. The van der Waals surface area contributed by atoms with Crippen LogP contribution in [0.5, 0.6) is 5.75 Å². The molecule has 1 aromatic rings. The van der Waals surface area contributed by atoms with Gasteiger partial charge < -0.3 is 15.4 Å². The van der Waals surface area contributed by atoms with Gasteiger partial charge in [-0.2, -0.15) is 0 Å². The van der Waals surface area contributed by atoms with Gasteiger partial charge in [-0.1, -0.05) is 0 Å². The highest BCUT2D eigenvalue weighted by molar-refractivity contribution is 5.76. The molecule has 2 unspecified atom stereocenters. The molecule has 2 N–H and O–H groups in total. The number of carbonyl (C=O) groups is 1. The largest absolute Gasteiger partial charge is 0.494 e. The molecule has 0 aliphatic carbocycles. The Bertz CT molecular complexity index is 523. The first-order chi connectivity index (χ1) is 11.7. The molecule has 3 rings (SSSR count). The Morgan fingerprint density at radius 3 is 2.58 bits per heavy atom. The highest BCUT2D eigenvalue weighted by Gasteiger charge is 2.33. The fraction of sp³-hybridized carbons (Fsp3) is 0.632. The van der Waals surface area contributed by atoms with Crippen LogP contribution < -0.4 is 15.4 Å². The maximum Gasteiger partial charge on any atom is 0.220 e. The number of hydrogen-bond donors (Lipinski definition) is 2. The predicted octanol–water partition coefficient (Wildman–Crippen LogP) is 3.02. The van der Waals surface area contributed by atoms with E-state index in [9.17, 15) is 9.18 Å². The number of fused-ring (bicyclic) bond motifs is 2. The van der Waals surface area contributed by atoms with Crippen molar-refractivity contribution >= 4 is 5.91 Å². The average Bonchev–Trinajstić information content (AvgIpc) is 2.91. The third-order valence-corrected chi connectivity index (χ3v) is 5.02. The number of piperidine rings is 1. The minimum Gasteiger partial charge on any atom is -0.494 e. The van der Waals surface area contributed by atoms with Crippen LogP contribution in [0.15, 0.2) is 24.3 Å². The number of halogens is 1. The standard InChI is InChI=1S/C19H27FN2O2/c20-15-3-7-18(8-4-15)24-10-2-1-9-21-19(23)13-14-11-16-5-6-17(12-14)22-16/h3-4,7-8,14,16-17,22H,1-2,5-6,9-13H2,(H,21,23). The molecular formula is C19H27FN2O2. The first kappa shape index (κ1) is 17.2. The number of carbonyl (C=O) groups excluding carboxylic acids is 1. The van der Waals surface area contributed by atoms with Crippen LogP contribution in [0.1, 0.15) is 44.9 Å². The number of unbranched alkanes of at least 4 members (excludes halogenated alkanes) is 1. The molecule has 24 heavy (non-hydrogen) atoms. The lowest BCUT2D eigenvalue weighted by atomic mass is 9.89. The quantitative estimate of drug-likeness (QED) is 0.719. The van der Waals surface area contributed by atoms with Gasteiger partial charge in [0.1, 0.15) is 11.6 Å². The van der Waals surface area contributed by atoms with Crippen LogP contribution in [0.2, 0.25) is 0 Å². The Labute approximate surface area is 143 Å². The summed E-state index contributed by atoms with van der Waals surface area (Å²) in [5, 5.41) is 6.63. The lowest BCUT2D eigenvalue weighted by Gasteiger charge is -2.28. The summed E-state index contributed by atoms with van der Waals surface area (Å²) < 4.78 is 18.3. The molecule has 0 radical (unpaired) electrons. The van der Waals surface area contributed by atoms with Gasteiger partial charge in [-0.05, 0) is 68.7 Å². The molecule has 2 aliphatic rings. The minimum atomic E-state index is -0.258. The van der Waals surface area contributed by atoms with E-state index in [1.54, 1.807) is 12.1 Å². The summed E-state index contributed by atoms with van der Waals surface area (Å²) in [6.07, 6.45) is 7.28. The van der Waals surface area contributed by atoms with E-state index >= 15 is 0 Å². The van der Waals surface area contributed by atoms with Gasteiger partial charge in [0, 0.05) is 25.0 Å². The first-order valence-electron chi connectivity index (χ1n) is 9.10. The van der Waals surface area contributed by atoms with Crippen molar-refractivity contribution in [2.75, 3.05) is 13.2 Å².